The number of aliphatic imine (C=N–C) groups is 1. The molecule has 3 rings (SSSR count). The summed E-state index contributed by atoms with van der Waals surface area (Å²) < 4.78 is 10.9. The second kappa shape index (κ2) is 13.5. The molecule has 0 radical (unpaired) electrons. The van der Waals surface area contributed by atoms with Crippen LogP contribution in [0.4, 0.5) is 0 Å². The van der Waals surface area contributed by atoms with Gasteiger partial charge in [-0.05, 0) is 29.2 Å². The molecule has 2 unspecified atom stereocenters. The molecule has 2 aromatic carbocycles. The van der Waals surface area contributed by atoms with Gasteiger partial charge in [-0.1, -0.05) is 49.4 Å². The van der Waals surface area contributed by atoms with Gasteiger partial charge in [0.05, 0.1) is 26.4 Å². The summed E-state index contributed by atoms with van der Waals surface area (Å²) in [5, 5.41) is 7.00. The van der Waals surface area contributed by atoms with E-state index >= 15 is 0 Å². The van der Waals surface area contributed by atoms with Gasteiger partial charge in [0.1, 0.15) is 5.75 Å². The van der Waals surface area contributed by atoms with Crippen molar-refractivity contribution in [3.63, 3.8) is 0 Å². The van der Waals surface area contributed by atoms with Crippen molar-refractivity contribution in [3.05, 3.63) is 65.7 Å². The summed E-state index contributed by atoms with van der Waals surface area (Å²) in [6.45, 7) is 7.22. The van der Waals surface area contributed by atoms with E-state index < -0.39 is 0 Å². The van der Waals surface area contributed by atoms with Gasteiger partial charge in [-0.2, -0.15) is 0 Å². The van der Waals surface area contributed by atoms with Crippen molar-refractivity contribution in [2.24, 2.45) is 4.99 Å². The van der Waals surface area contributed by atoms with E-state index in [1.807, 2.05) is 19.2 Å². The minimum Gasteiger partial charge on any atom is -0.497 e. The molecule has 0 amide bonds. The van der Waals surface area contributed by atoms with Crippen LogP contribution in [0.5, 0.6) is 5.75 Å². The summed E-state index contributed by atoms with van der Waals surface area (Å²) in [6.07, 6.45) is 0. The highest BCUT2D eigenvalue weighted by Crippen LogP contribution is 2.23. The molecule has 0 spiro atoms. The third kappa shape index (κ3) is 7.66. The first-order chi connectivity index (χ1) is 14.7. The summed E-state index contributed by atoms with van der Waals surface area (Å²) in [7, 11) is 3.52. The first-order valence-corrected chi connectivity index (χ1v) is 10.7. The zero-order valence-electron chi connectivity index (χ0n) is 18.7. The average Bonchev–Trinajstić information content (AvgIpc) is 2.82. The van der Waals surface area contributed by atoms with Crippen LogP contribution in [0.15, 0.2) is 59.6 Å². The number of rotatable bonds is 8. The molecule has 1 fully saturated rings. The van der Waals surface area contributed by atoms with Gasteiger partial charge in [0.15, 0.2) is 5.96 Å². The van der Waals surface area contributed by atoms with E-state index in [2.05, 4.69) is 69.9 Å². The number of guanidine groups is 1. The molecule has 1 aliphatic heterocycles. The molecule has 1 heterocycles. The fraction of sp³-hybridized carbons (Fsp3) is 0.458. The highest BCUT2D eigenvalue weighted by molar-refractivity contribution is 14.0. The Morgan fingerprint density at radius 2 is 1.65 bits per heavy atom. The lowest BCUT2D eigenvalue weighted by molar-refractivity contribution is 0.0170. The molecule has 0 aliphatic carbocycles. The average molecular weight is 538 g/mol. The molecule has 170 valence electrons. The monoisotopic (exact) mass is 538 g/mol. The molecule has 2 aromatic rings. The van der Waals surface area contributed by atoms with Crippen LogP contribution in [0.2, 0.25) is 0 Å². The largest absolute Gasteiger partial charge is 0.497 e. The molecule has 2 atom stereocenters. The van der Waals surface area contributed by atoms with Gasteiger partial charge in [0.2, 0.25) is 0 Å². The Morgan fingerprint density at radius 3 is 2.26 bits per heavy atom. The first-order valence-electron chi connectivity index (χ1n) is 10.7. The Balaban J connectivity index is 0.00000341. The van der Waals surface area contributed by atoms with E-state index in [1.165, 1.54) is 11.1 Å². The number of ether oxygens (including phenoxy) is 2. The van der Waals surface area contributed by atoms with Crippen LogP contribution >= 0.6 is 24.0 Å². The van der Waals surface area contributed by atoms with E-state index in [1.54, 1.807) is 7.11 Å². The van der Waals surface area contributed by atoms with Gasteiger partial charge in [-0.3, -0.25) is 9.89 Å². The Hall–Kier alpha value is -1.84. The third-order valence-corrected chi connectivity index (χ3v) is 5.62. The van der Waals surface area contributed by atoms with Crippen LogP contribution in [0, 0.1) is 0 Å². The van der Waals surface area contributed by atoms with Crippen molar-refractivity contribution < 1.29 is 9.47 Å². The van der Waals surface area contributed by atoms with Crippen molar-refractivity contribution in [1.82, 2.24) is 15.5 Å². The summed E-state index contributed by atoms with van der Waals surface area (Å²) in [4.78, 5) is 6.89. The topological polar surface area (TPSA) is 58.1 Å². The van der Waals surface area contributed by atoms with E-state index in [4.69, 9.17) is 9.47 Å². The zero-order valence-corrected chi connectivity index (χ0v) is 21.0. The predicted octanol–water partition coefficient (Wildman–Crippen LogP) is 3.66. The lowest BCUT2D eigenvalue weighted by Crippen LogP contribution is -2.46. The lowest BCUT2D eigenvalue weighted by atomic mass is 10.0. The molecular formula is C24H35IN4O2. The van der Waals surface area contributed by atoms with Gasteiger partial charge in [-0.15, -0.1) is 24.0 Å². The standard InChI is InChI=1S/C24H34N4O2.HI/c1-19(20-7-5-4-6-8-20)17-26-24(25-2)27-18-23(28-13-15-30-16-14-28)21-9-11-22(29-3)12-10-21;/h4-12,19,23H,13-18H2,1-3H3,(H2,25,26,27);1H. The van der Waals surface area contributed by atoms with Crippen molar-refractivity contribution >= 4 is 29.9 Å². The minimum atomic E-state index is 0. The predicted molar refractivity (Wildman–Crippen MR) is 138 cm³/mol. The van der Waals surface area contributed by atoms with Gasteiger partial charge < -0.3 is 20.1 Å². The maximum absolute atomic E-state index is 5.56. The fourth-order valence-corrected chi connectivity index (χ4v) is 3.74. The first kappa shape index (κ1) is 25.4. The normalized spacial score (nSPS) is 16.7. The van der Waals surface area contributed by atoms with E-state index in [-0.39, 0.29) is 30.0 Å². The summed E-state index contributed by atoms with van der Waals surface area (Å²) >= 11 is 0. The van der Waals surface area contributed by atoms with Crippen LogP contribution in [0.25, 0.3) is 0 Å². The van der Waals surface area contributed by atoms with Crippen LogP contribution in [0.3, 0.4) is 0 Å². The highest BCUT2D eigenvalue weighted by atomic mass is 127. The zero-order chi connectivity index (χ0) is 21.2. The van der Waals surface area contributed by atoms with Crippen molar-refractivity contribution in [3.8, 4) is 5.75 Å². The summed E-state index contributed by atoms with van der Waals surface area (Å²) in [5.41, 5.74) is 2.59. The third-order valence-electron chi connectivity index (χ3n) is 5.62. The lowest BCUT2D eigenvalue weighted by Gasteiger charge is -2.35. The second-order valence-electron chi connectivity index (χ2n) is 7.58. The highest BCUT2D eigenvalue weighted by Gasteiger charge is 2.23. The van der Waals surface area contributed by atoms with E-state index in [9.17, 15) is 0 Å². The van der Waals surface area contributed by atoms with Crippen LogP contribution in [-0.4, -0.2) is 64.4 Å². The number of halogens is 1. The van der Waals surface area contributed by atoms with Crippen LogP contribution in [-0.2, 0) is 4.74 Å². The Morgan fingerprint density at radius 1 is 1.00 bits per heavy atom. The molecule has 1 aliphatic rings. The molecule has 7 heteroatoms. The number of morpholine rings is 1. The van der Waals surface area contributed by atoms with E-state index in [0.717, 1.165) is 51.1 Å². The van der Waals surface area contributed by atoms with Crippen molar-refractivity contribution in [1.29, 1.82) is 0 Å². The van der Waals surface area contributed by atoms with Crippen LogP contribution in [0.1, 0.15) is 30.0 Å². The Labute approximate surface area is 203 Å². The molecule has 0 saturated carbocycles. The van der Waals surface area contributed by atoms with Gasteiger partial charge in [0, 0.05) is 33.2 Å². The number of nitrogens with one attached hydrogen (secondary N) is 2. The van der Waals surface area contributed by atoms with Crippen molar-refractivity contribution in [2.45, 2.75) is 18.9 Å². The molecule has 0 aromatic heterocycles. The molecular weight excluding hydrogens is 503 g/mol. The Kier molecular flexibility index (Phi) is 11.1. The smallest absolute Gasteiger partial charge is 0.191 e. The molecule has 0 bridgehead atoms. The number of nitrogens with zero attached hydrogens (tertiary/aromatic N) is 2. The van der Waals surface area contributed by atoms with Gasteiger partial charge >= 0.3 is 0 Å². The minimum absolute atomic E-state index is 0. The number of hydrogen-bond donors (Lipinski definition) is 2. The van der Waals surface area contributed by atoms with E-state index in [0.29, 0.717) is 5.92 Å². The van der Waals surface area contributed by atoms with Gasteiger partial charge in [0.25, 0.3) is 0 Å². The van der Waals surface area contributed by atoms with Crippen molar-refractivity contribution in [2.75, 3.05) is 53.6 Å². The maximum Gasteiger partial charge on any atom is 0.191 e. The second-order valence-corrected chi connectivity index (χ2v) is 7.58. The quantitative estimate of drug-likeness (QED) is 0.306. The van der Waals surface area contributed by atoms with Gasteiger partial charge in [-0.25, -0.2) is 0 Å². The number of methoxy groups -OCH3 is 1. The molecule has 6 nitrogen and oxygen atoms in total. The van der Waals surface area contributed by atoms with Crippen LogP contribution < -0.4 is 15.4 Å². The Bertz CT molecular complexity index is 780. The molecule has 2 N–H and O–H groups in total. The molecule has 31 heavy (non-hydrogen) atoms. The molecule has 1 saturated heterocycles. The fourth-order valence-electron chi connectivity index (χ4n) is 3.74. The number of hydrogen-bond acceptors (Lipinski definition) is 4. The SMILES string of the molecule is CN=C(NCC(C)c1ccccc1)NCC(c1ccc(OC)cc1)N1CCOCC1.I. The maximum atomic E-state index is 5.56. The summed E-state index contributed by atoms with van der Waals surface area (Å²) in [6, 6.07) is 19.1. The summed E-state index contributed by atoms with van der Waals surface area (Å²) in [5.74, 6) is 2.10. The number of benzene rings is 2.